The minimum absolute atomic E-state index is 0.508. The summed E-state index contributed by atoms with van der Waals surface area (Å²) in [6, 6.07) is 19.8. The van der Waals surface area contributed by atoms with Gasteiger partial charge in [0.1, 0.15) is 0 Å². The molecule has 9 heteroatoms. The average molecular weight is 485 g/mol. The third kappa shape index (κ3) is 5.01. The standard InChI is InChI=1S/C27H28N6O3/c1-32(17-19-8-5-4-6-9-19)18-21-16-29-27(28-15-20-11-12-22(34-2)24(14-20)35-3)33-26(21)30-25(31-33)23-10-7-13-36-23/h4-14,16H,15,17-18H2,1-3H3,(H,28,29). The molecule has 0 radical (unpaired) electrons. The first-order valence-corrected chi connectivity index (χ1v) is 11.6. The van der Waals surface area contributed by atoms with Crippen LogP contribution in [0.25, 0.3) is 17.2 Å². The summed E-state index contributed by atoms with van der Waals surface area (Å²) in [6.07, 6.45) is 3.47. The summed E-state index contributed by atoms with van der Waals surface area (Å²) < 4.78 is 18.1. The highest BCUT2D eigenvalue weighted by Crippen LogP contribution is 2.28. The SMILES string of the molecule is COc1ccc(CNc2ncc(CN(C)Cc3ccccc3)c3nc(-c4ccco4)nn23)cc1OC. The Bertz CT molecular complexity index is 1430. The Labute approximate surface area is 209 Å². The number of fused-ring (bicyclic) bond motifs is 1. The molecule has 5 rings (SSSR count). The third-order valence-corrected chi connectivity index (χ3v) is 5.81. The van der Waals surface area contributed by atoms with Crippen molar-refractivity contribution in [2.75, 3.05) is 26.6 Å². The van der Waals surface area contributed by atoms with Gasteiger partial charge < -0.3 is 19.2 Å². The van der Waals surface area contributed by atoms with Crippen molar-refractivity contribution in [2.45, 2.75) is 19.6 Å². The fourth-order valence-electron chi connectivity index (χ4n) is 4.07. The van der Waals surface area contributed by atoms with Gasteiger partial charge in [-0.3, -0.25) is 4.90 Å². The second-order valence-corrected chi connectivity index (χ2v) is 8.46. The summed E-state index contributed by atoms with van der Waals surface area (Å²) in [4.78, 5) is 11.7. The van der Waals surface area contributed by atoms with E-state index < -0.39 is 0 Å². The molecule has 184 valence electrons. The van der Waals surface area contributed by atoms with Crippen LogP contribution in [0.4, 0.5) is 5.95 Å². The van der Waals surface area contributed by atoms with Gasteiger partial charge in [0, 0.05) is 31.4 Å². The summed E-state index contributed by atoms with van der Waals surface area (Å²) >= 11 is 0. The highest BCUT2D eigenvalue weighted by molar-refractivity contribution is 5.58. The summed E-state index contributed by atoms with van der Waals surface area (Å²) in [5, 5.41) is 8.08. The van der Waals surface area contributed by atoms with E-state index in [1.165, 1.54) is 5.56 Å². The number of aromatic nitrogens is 4. The predicted molar refractivity (Wildman–Crippen MR) is 137 cm³/mol. The van der Waals surface area contributed by atoms with Crippen LogP contribution in [-0.4, -0.2) is 45.7 Å². The van der Waals surface area contributed by atoms with Gasteiger partial charge in [0.2, 0.25) is 11.8 Å². The van der Waals surface area contributed by atoms with Crippen LogP contribution in [0.2, 0.25) is 0 Å². The van der Waals surface area contributed by atoms with Crippen molar-refractivity contribution in [2.24, 2.45) is 0 Å². The molecule has 0 unspecified atom stereocenters. The van der Waals surface area contributed by atoms with E-state index >= 15 is 0 Å². The molecule has 9 nitrogen and oxygen atoms in total. The molecule has 0 aliphatic carbocycles. The number of benzene rings is 2. The van der Waals surface area contributed by atoms with Crippen molar-refractivity contribution in [3.8, 4) is 23.1 Å². The minimum Gasteiger partial charge on any atom is -0.493 e. The first kappa shape index (κ1) is 23.4. The van der Waals surface area contributed by atoms with E-state index in [1.807, 2.05) is 42.6 Å². The largest absolute Gasteiger partial charge is 0.493 e. The van der Waals surface area contributed by atoms with E-state index in [1.54, 1.807) is 25.0 Å². The first-order valence-electron chi connectivity index (χ1n) is 11.6. The normalized spacial score (nSPS) is 11.2. The topological polar surface area (TPSA) is 90.0 Å². The molecule has 1 N–H and O–H groups in total. The molecule has 0 amide bonds. The van der Waals surface area contributed by atoms with Crippen molar-refractivity contribution in [1.29, 1.82) is 0 Å². The van der Waals surface area contributed by atoms with Gasteiger partial charge in [0.15, 0.2) is 22.9 Å². The molecule has 0 bridgehead atoms. The Morgan fingerprint density at radius 2 is 1.78 bits per heavy atom. The number of hydrogen-bond donors (Lipinski definition) is 1. The number of anilines is 1. The maximum atomic E-state index is 5.55. The predicted octanol–water partition coefficient (Wildman–Crippen LogP) is 4.65. The van der Waals surface area contributed by atoms with Gasteiger partial charge in [-0.25, -0.2) is 9.97 Å². The lowest BCUT2D eigenvalue weighted by molar-refractivity contribution is 0.319. The Balaban J connectivity index is 1.43. The lowest BCUT2D eigenvalue weighted by atomic mass is 10.2. The van der Waals surface area contributed by atoms with Crippen molar-refractivity contribution >= 4 is 11.6 Å². The summed E-state index contributed by atoms with van der Waals surface area (Å²) in [7, 11) is 5.33. The molecule has 3 heterocycles. The van der Waals surface area contributed by atoms with Crippen molar-refractivity contribution in [3.05, 3.63) is 89.8 Å². The molecule has 0 spiro atoms. The molecule has 0 aliphatic rings. The lowest BCUT2D eigenvalue weighted by Crippen LogP contribution is -2.18. The van der Waals surface area contributed by atoms with Crippen LogP contribution in [-0.2, 0) is 19.6 Å². The zero-order valence-electron chi connectivity index (χ0n) is 20.5. The van der Waals surface area contributed by atoms with Crippen molar-refractivity contribution < 1.29 is 13.9 Å². The zero-order chi connectivity index (χ0) is 24.9. The van der Waals surface area contributed by atoms with Gasteiger partial charge in [0.05, 0.1) is 20.5 Å². The van der Waals surface area contributed by atoms with Gasteiger partial charge in [-0.15, -0.1) is 5.10 Å². The monoisotopic (exact) mass is 484 g/mol. The second kappa shape index (κ2) is 10.5. The van der Waals surface area contributed by atoms with Crippen LogP contribution in [0.5, 0.6) is 11.5 Å². The lowest BCUT2D eigenvalue weighted by Gasteiger charge is -2.17. The van der Waals surface area contributed by atoms with Crippen LogP contribution >= 0.6 is 0 Å². The highest BCUT2D eigenvalue weighted by atomic mass is 16.5. The fraction of sp³-hybridized carbons (Fsp3) is 0.222. The molecule has 0 atom stereocenters. The second-order valence-electron chi connectivity index (χ2n) is 8.46. The molecular formula is C27H28N6O3. The number of rotatable bonds is 10. The van der Waals surface area contributed by atoms with Gasteiger partial charge in [0.25, 0.3) is 0 Å². The Hall–Kier alpha value is -4.37. The Morgan fingerprint density at radius 3 is 2.53 bits per heavy atom. The molecular weight excluding hydrogens is 456 g/mol. The smallest absolute Gasteiger partial charge is 0.226 e. The van der Waals surface area contributed by atoms with Crippen LogP contribution in [0.1, 0.15) is 16.7 Å². The van der Waals surface area contributed by atoms with E-state index in [2.05, 4.69) is 46.5 Å². The van der Waals surface area contributed by atoms with Gasteiger partial charge in [-0.2, -0.15) is 4.52 Å². The number of nitrogens with zero attached hydrogens (tertiary/aromatic N) is 5. The average Bonchev–Trinajstić information content (AvgIpc) is 3.59. The van der Waals surface area contributed by atoms with Crippen LogP contribution < -0.4 is 14.8 Å². The van der Waals surface area contributed by atoms with Crippen LogP contribution in [0.3, 0.4) is 0 Å². The van der Waals surface area contributed by atoms with E-state index in [4.69, 9.17) is 24.0 Å². The minimum atomic E-state index is 0.508. The van der Waals surface area contributed by atoms with Crippen LogP contribution in [0, 0.1) is 0 Å². The van der Waals surface area contributed by atoms with Gasteiger partial charge >= 0.3 is 0 Å². The summed E-state index contributed by atoms with van der Waals surface area (Å²) in [5.41, 5.74) is 3.96. The van der Waals surface area contributed by atoms with E-state index in [-0.39, 0.29) is 0 Å². The number of methoxy groups -OCH3 is 2. The molecule has 0 saturated heterocycles. The Kier molecular flexibility index (Phi) is 6.81. The number of furan rings is 1. The number of nitrogens with one attached hydrogen (secondary N) is 1. The van der Waals surface area contributed by atoms with Gasteiger partial charge in [-0.05, 0) is 42.4 Å². The molecule has 0 aliphatic heterocycles. The van der Waals surface area contributed by atoms with Crippen molar-refractivity contribution in [3.63, 3.8) is 0 Å². The highest BCUT2D eigenvalue weighted by Gasteiger charge is 2.17. The van der Waals surface area contributed by atoms with E-state index in [9.17, 15) is 0 Å². The molecule has 36 heavy (non-hydrogen) atoms. The molecule has 3 aromatic heterocycles. The molecule has 0 fully saturated rings. The van der Waals surface area contributed by atoms with Gasteiger partial charge in [-0.1, -0.05) is 36.4 Å². The quantitative estimate of drug-likeness (QED) is 0.307. The maximum Gasteiger partial charge on any atom is 0.226 e. The first-order chi connectivity index (χ1) is 17.6. The van der Waals surface area contributed by atoms with E-state index in [0.29, 0.717) is 42.1 Å². The summed E-state index contributed by atoms with van der Waals surface area (Å²) in [6.45, 7) is 1.99. The van der Waals surface area contributed by atoms with E-state index in [0.717, 1.165) is 23.3 Å². The summed E-state index contributed by atoms with van der Waals surface area (Å²) in [5.74, 6) is 3.06. The van der Waals surface area contributed by atoms with Crippen LogP contribution in [0.15, 0.2) is 77.5 Å². The number of ether oxygens (including phenoxy) is 2. The molecule has 0 saturated carbocycles. The fourth-order valence-corrected chi connectivity index (χ4v) is 4.07. The zero-order valence-corrected chi connectivity index (χ0v) is 20.5. The number of hydrogen-bond acceptors (Lipinski definition) is 8. The molecule has 2 aromatic carbocycles. The third-order valence-electron chi connectivity index (χ3n) is 5.81. The van der Waals surface area contributed by atoms with Crippen molar-refractivity contribution in [1.82, 2.24) is 24.5 Å². The maximum absolute atomic E-state index is 5.55. The Morgan fingerprint density at radius 1 is 0.944 bits per heavy atom. The molecule has 5 aromatic rings.